The molecule has 0 atom stereocenters. The third-order valence-corrected chi connectivity index (χ3v) is 3.78. The molecule has 2 aromatic carbocycles. The van der Waals surface area contributed by atoms with Gasteiger partial charge in [0.1, 0.15) is 0 Å². The average molecular weight is 339 g/mol. The van der Waals surface area contributed by atoms with E-state index in [0.29, 0.717) is 10.6 Å². The van der Waals surface area contributed by atoms with Gasteiger partial charge in [-0.05, 0) is 49.2 Å². The van der Waals surface area contributed by atoms with E-state index in [1.54, 1.807) is 12.1 Å². The lowest BCUT2D eigenvalue weighted by Crippen LogP contribution is -2.12. The third kappa shape index (κ3) is 3.37. The number of hydrogen-bond acceptors (Lipinski definition) is 1. The van der Waals surface area contributed by atoms with Crippen molar-refractivity contribution in [3.8, 4) is 0 Å². The molecule has 1 N–H and O–H groups in total. The van der Waals surface area contributed by atoms with Gasteiger partial charge in [-0.1, -0.05) is 39.7 Å². The van der Waals surface area contributed by atoms with Gasteiger partial charge in [0, 0.05) is 20.7 Å². The minimum absolute atomic E-state index is 0.164. The molecule has 2 rings (SSSR count). The number of aryl methyl sites for hydroxylation is 2. The fourth-order valence-electron chi connectivity index (χ4n) is 1.66. The van der Waals surface area contributed by atoms with Crippen LogP contribution < -0.4 is 5.32 Å². The first-order valence-electron chi connectivity index (χ1n) is 5.81. The van der Waals surface area contributed by atoms with Gasteiger partial charge in [0.05, 0.1) is 0 Å². The largest absolute Gasteiger partial charge is 0.322 e. The van der Waals surface area contributed by atoms with Crippen molar-refractivity contribution in [2.45, 2.75) is 13.8 Å². The topological polar surface area (TPSA) is 29.1 Å². The highest BCUT2D eigenvalue weighted by Gasteiger charge is 2.09. The molecule has 0 spiro atoms. The van der Waals surface area contributed by atoms with Gasteiger partial charge in [0.25, 0.3) is 5.91 Å². The number of carbonyl (C=O) groups excluding carboxylic acids is 1. The minimum Gasteiger partial charge on any atom is -0.322 e. The lowest BCUT2D eigenvalue weighted by molar-refractivity contribution is 0.102. The number of carbonyl (C=O) groups is 1. The molecule has 0 aliphatic rings. The number of rotatable bonds is 2. The van der Waals surface area contributed by atoms with Crippen molar-refractivity contribution in [2.75, 3.05) is 5.32 Å². The Morgan fingerprint density at radius 2 is 1.79 bits per heavy atom. The van der Waals surface area contributed by atoms with E-state index < -0.39 is 0 Å². The van der Waals surface area contributed by atoms with Crippen molar-refractivity contribution < 1.29 is 4.79 Å². The summed E-state index contributed by atoms with van der Waals surface area (Å²) in [5.41, 5.74) is 3.30. The molecule has 0 radical (unpaired) electrons. The van der Waals surface area contributed by atoms with Crippen LogP contribution in [-0.2, 0) is 0 Å². The number of halogens is 2. The van der Waals surface area contributed by atoms with Crippen molar-refractivity contribution in [3.63, 3.8) is 0 Å². The summed E-state index contributed by atoms with van der Waals surface area (Å²) in [6.45, 7) is 3.85. The van der Waals surface area contributed by atoms with Crippen LogP contribution in [0.5, 0.6) is 0 Å². The van der Waals surface area contributed by atoms with Crippen LogP contribution in [0.2, 0.25) is 5.02 Å². The smallest absolute Gasteiger partial charge is 0.255 e. The maximum absolute atomic E-state index is 12.2. The van der Waals surface area contributed by atoms with Gasteiger partial charge in [-0.2, -0.15) is 0 Å². The molecule has 0 bridgehead atoms. The lowest BCUT2D eigenvalue weighted by atomic mass is 10.1. The summed E-state index contributed by atoms with van der Waals surface area (Å²) in [7, 11) is 0. The van der Waals surface area contributed by atoms with Gasteiger partial charge in [0.15, 0.2) is 0 Å². The van der Waals surface area contributed by atoms with Gasteiger partial charge < -0.3 is 5.32 Å². The predicted octanol–water partition coefficient (Wildman–Crippen LogP) is 4.97. The van der Waals surface area contributed by atoms with Crippen LogP contribution in [0.15, 0.2) is 40.9 Å². The Bertz CT molecular complexity index is 640. The maximum atomic E-state index is 12.2. The molecule has 2 aromatic rings. The number of hydrogen-bond donors (Lipinski definition) is 1. The molecular formula is C15H13BrClNO. The first-order valence-corrected chi connectivity index (χ1v) is 6.98. The highest BCUT2D eigenvalue weighted by atomic mass is 79.9. The zero-order valence-corrected chi connectivity index (χ0v) is 13.0. The van der Waals surface area contributed by atoms with E-state index in [4.69, 9.17) is 11.6 Å². The summed E-state index contributed by atoms with van der Waals surface area (Å²) < 4.78 is 0.926. The molecule has 0 fully saturated rings. The maximum Gasteiger partial charge on any atom is 0.255 e. The van der Waals surface area contributed by atoms with Crippen LogP contribution in [-0.4, -0.2) is 5.91 Å². The molecule has 0 aromatic heterocycles. The second kappa shape index (κ2) is 5.76. The van der Waals surface area contributed by atoms with E-state index in [1.165, 1.54) is 0 Å². The van der Waals surface area contributed by atoms with E-state index >= 15 is 0 Å². The van der Waals surface area contributed by atoms with Crippen LogP contribution in [0.3, 0.4) is 0 Å². The summed E-state index contributed by atoms with van der Waals surface area (Å²) >= 11 is 9.42. The van der Waals surface area contributed by atoms with Crippen LogP contribution >= 0.6 is 27.5 Å². The Balaban J connectivity index is 2.25. The van der Waals surface area contributed by atoms with Crippen molar-refractivity contribution in [2.24, 2.45) is 0 Å². The van der Waals surface area contributed by atoms with E-state index in [2.05, 4.69) is 21.2 Å². The number of anilines is 1. The fourth-order valence-corrected chi connectivity index (χ4v) is 2.20. The Morgan fingerprint density at radius 3 is 2.47 bits per heavy atom. The zero-order chi connectivity index (χ0) is 14.0. The van der Waals surface area contributed by atoms with E-state index in [-0.39, 0.29) is 5.91 Å². The summed E-state index contributed by atoms with van der Waals surface area (Å²) in [6.07, 6.45) is 0. The fraction of sp³-hybridized carbons (Fsp3) is 0.133. The Labute approximate surface area is 125 Å². The Kier molecular flexibility index (Phi) is 4.27. The van der Waals surface area contributed by atoms with Crippen molar-refractivity contribution >= 4 is 39.1 Å². The summed E-state index contributed by atoms with van der Waals surface area (Å²) in [5.74, 6) is -0.164. The minimum atomic E-state index is -0.164. The summed E-state index contributed by atoms with van der Waals surface area (Å²) in [5, 5.41) is 3.48. The number of nitrogens with one attached hydrogen (secondary N) is 1. The molecule has 1 amide bonds. The lowest BCUT2D eigenvalue weighted by Gasteiger charge is -2.09. The molecule has 4 heteroatoms. The van der Waals surface area contributed by atoms with Gasteiger partial charge >= 0.3 is 0 Å². The van der Waals surface area contributed by atoms with Gasteiger partial charge in [-0.15, -0.1) is 0 Å². The molecule has 98 valence electrons. The number of benzene rings is 2. The average Bonchev–Trinajstić information content (AvgIpc) is 2.37. The zero-order valence-electron chi connectivity index (χ0n) is 10.6. The third-order valence-electron chi connectivity index (χ3n) is 2.88. The molecule has 2 nitrogen and oxygen atoms in total. The highest BCUT2D eigenvalue weighted by Crippen LogP contribution is 2.22. The van der Waals surface area contributed by atoms with Gasteiger partial charge in [-0.3, -0.25) is 4.79 Å². The van der Waals surface area contributed by atoms with Crippen LogP contribution in [0.1, 0.15) is 21.5 Å². The van der Waals surface area contributed by atoms with E-state index in [1.807, 2.05) is 38.1 Å². The standard InChI is InChI=1S/C15H13BrClNO/c1-9-3-5-11(7-13(9)17)15(19)18-14-8-12(16)6-4-10(14)2/h3-8H,1-2H3,(H,18,19). The molecule has 0 aliphatic heterocycles. The van der Waals surface area contributed by atoms with E-state index in [9.17, 15) is 4.79 Å². The molecule has 0 saturated carbocycles. The predicted molar refractivity (Wildman–Crippen MR) is 83.0 cm³/mol. The molecule has 0 aliphatic carbocycles. The van der Waals surface area contributed by atoms with Crippen LogP contribution in [0.25, 0.3) is 0 Å². The molecule has 0 saturated heterocycles. The highest BCUT2D eigenvalue weighted by molar-refractivity contribution is 9.10. The van der Waals surface area contributed by atoms with Crippen LogP contribution in [0, 0.1) is 13.8 Å². The monoisotopic (exact) mass is 337 g/mol. The second-order valence-corrected chi connectivity index (χ2v) is 5.70. The normalized spacial score (nSPS) is 10.3. The van der Waals surface area contributed by atoms with Gasteiger partial charge in [0.2, 0.25) is 0 Å². The molecule has 19 heavy (non-hydrogen) atoms. The Morgan fingerprint density at radius 1 is 1.11 bits per heavy atom. The van der Waals surface area contributed by atoms with Gasteiger partial charge in [-0.25, -0.2) is 0 Å². The first-order chi connectivity index (χ1) is 8.97. The van der Waals surface area contributed by atoms with E-state index in [0.717, 1.165) is 21.3 Å². The summed E-state index contributed by atoms with van der Waals surface area (Å²) in [6, 6.07) is 11.0. The van der Waals surface area contributed by atoms with Crippen molar-refractivity contribution in [1.29, 1.82) is 0 Å². The number of amides is 1. The molecular weight excluding hydrogens is 326 g/mol. The van der Waals surface area contributed by atoms with Crippen LogP contribution in [0.4, 0.5) is 5.69 Å². The summed E-state index contributed by atoms with van der Waals surface area (Å²) in [4.78, 5) is 12.2. The quantitative estimate of drug-likeness (QED) is 0.823. The second-order valence-electron chi connectivity index (χ2n) is 4.38. The van der Waals surface area contributed by atoms with Crippen molar-refractivity contribution in [1.82, 2.24) is 0 Å². The Hall–Kier alpha value is -1.32. The molecule has 0 unspecified atom stereocenters. The molecule has 0 heterocycles. The van der Waals surface area contributed by atoms with Crippen molar-refractivity contribution in [3.05, 3.63) is 62.6 Å². The first kappa shape index (κ1) is 14.1. The SMILES string of the molecule is Cc1ccc(C(=O)Nc2cc(Br)ccc2C)cc1Cl.